The molecule has 0 fully saturated rings. The summed E-state index contributed by atoms with van der Waals surface area (Å²) in [5.74, 6) is 0.281. The topological polar surface area (TPSA) is 48.0 Å². The predicted molar refractivity (Wildman–Crippen MR) is 111 cm³/mol. The van der Waals surface area contributed by atoms with Gasteiger partial charge in [0, 0.05) is 23.5 Å². The van der Waals surface area contributed by atoms with Crippen LogP contribution in [0, 0.1) is 12.8 Å². The smallest absolute Gasteiger partial charge is 0.251 e. The lowest BCUT2D eigenvalue weighted by molar-refractivity contribution is 0.1000. The standard InChI is InChI=1S/C23H34N2O/c1-8-19-21(17-9-11-18(12-10-17)23(5,6)7)20(22(24)26)16(4)25(19)14-13-15(2)3/h9-12,15H,8,13-14H2,1-7H3,(H2,24,26). The van der Waals surface area contributed by atoms with Gasteiger partial charge in [-0.1, -0.05) is 65.8 Å². The fourth-order valence-corrected chi connectivity index (χ4v) is 3.60. The van der Waals surface area contributed by atoms with Crippen molar-refractivity contribution in [2.75, 3.05) is 0 Å². The van der Waals surface area contributed by atoms with E-state index in [9.17, 15) is 4.79 Å². The molecule has 1 heterocycles. The molecular formula is C23H34N2O. The van der Waals surface area contributed by atoms with Gasteiger partial charge in [0.05, 0.1) is 5.56 Å². The van der Waals surface area contributed by atoms with Gasteiger partial charge in [0.1, 0.15) is 0 Å². The average Bonchev–Trinajstić information content (AvgIpc) is 2.84. The fraction of sp³-hybridized carbons (Fsp3) is 0.522. The molecule has 0 radical (unpaired) electrons. The first kappa shape index (κ1) is 20.3. The molecule has 0 aliphatic rings. The molecule has 1 aromatic carbocycles. The Balaban J connectivity index is 2.63. The Bertz CT molecular complexity index is 774. The number of rotatable bonds is 6. The number of benzene rings is 1. The summed E-state index contributed by atoms with van der Waals surface area (Å²) in [6.45, 7) is 16.2. The lowest BCUT2D eigenvalue weighted by Crippen LogP contribution is -2.14. The first-order valence-corrected chi connectivity index (χ1v) is 9.70. The highest BCUT2D eigenvalue weighted by Gasteiger charge is 2.24. The van der Waals surface area contributed by atoms with E-state index in [1.807, 2.05) is 6.92 Å². The van der Waals surface area contributed by atoms with Crippen LogP contribution < -0.4 is 5.73 Å². The highest BCUT2D eigenvalue weighted by atomic mass is 16.1. The van der Waals surface area contributed by atoms with E-state index in [0.717, 1.165) is 36.2 Å². The summed E-state index contributed by atoms with van der Waals surface area (Å²) in [6.07, 6.45) is 1.96. The molecule has 26 heavy (non-hydrogen) atoms. The molecule has 0 aliphatic heterocycles. The Kier molecular flexibility index (Phi) is 6.00. The molecule has 2 N–H and O–H groups in total. The summed E-state index contributed by atoms with van der Waals surface area (Å²) in [5, 5.41) is 0. The van der Waals surface area contributed by atoms with Crippen LogP contribution in [0.4, 0.5) is 0 Å². The second-order valence-corrected chi connectivity index (χ2v) is 8.66. The molecule has 1 aromatic heterocycles. The third-order valence-electron chi connectivity index (χ3n) is 5.18. The average molecular weight is 355 g/mol. The minimum atomic E-state index is -0.338. The monoisotopic (exact) mass is 354 g/mol. The Morgan fingerprint density at radius 2 is 1.73 bits per heavy atom. The second kappa shape index (κ2) is 7.69. The molecule has 3 nitrogen and oxygen atoms in total. The van der Waals surface area contributed by atoms with Crippen molar-refractivity contribution < 1.29 is 4.79 Å². The van der Waals surface area contributed by atoms with Crippen LogP contribution in [-0.2, 0) is 18.4 Å². The number of hydrogen-bond acceptors (Lipinski definition) is 1. The molecule has 3 heteroatoms. The molecule has 142 valence electrons. The van der Waals surface area contributed by atoms with Crippen LogP contribution in [0.2, 0.25) is 0 Å². The Morgan fingerprint density at radius 1 is 1.15 bits per heavy atom. The van der Waals surface area contributed by atoms with Gasteiger partial charge in [-0.2, -0.15) is 0 Å². The zero-order valence-electron chi connectivity index (χ0n) is 17.4. The van der Waals surface area contributed by atoms with Crippen molar-refractivity contribution in [3.63, 3.8) is 0 Å². The Morgan fingerprint density at radius 3 is 2.15 bits per heavy atom. The third kappa shape index (κ3) is 4.03. The van der Waals surface area contributed by atoms with Crippen molar-refractivity contribution >= 4 is 5.91 Å². The summed E-state index contributed by atoms with van der Waals surface area (Å²) < 4.78 is 2.30. The molecule has 1 amide bonds. The van der Waals surface area contributed by atoms with Gasteiger partial charge in [-0.25, -0.2) is 0 Å². The SMILES string of the molecule is CCc1c(-c2ccc(C(C)(C)C)cc2)c(C(N)=O)c(C)n1CCC(C)C. The Hall–Kier alpha value is -2.03. The number of carbonyl (C=O) groups is 1. The molecular weight excluding hydrogens is 320 g/mol. The van der Waals surface area contributed by atoms with Crippen LogP contribution in [0.1, 0.15) is 75.3 Å². The number of aromatic nitrogens is 1. The van der Waals surface area contributed by atoms with Crippen molar-refractivity contribution in [1.29, 1.82) is 0 Å². The molecule has 0 saturated heterocycles. The van der Waals surface area contributed by atoms with Gasteiger partial charge < -0.3 is 10.3 Å². The minimum absolute atomic E-state index is 0.109. The summed E-state index contributed by atoms with van der Waals surface area (Å²) in [4.78, 5) is 12.3. The van der Waals surface area contributed by atoms with E-state index in [-0.39, 0.29) is 11.3 Å². The van der Waals surface area contributed by atoms with Gasteiger partial charge in [-0.05, 0) is 42.2 Å². The predicted octanol–water partition coefficient (Wildman–Crippen LogP) is 5.47. The molecule has 2 aromatic rings. The van der Waals surface area contributed by atoms with Gasteiger partial charge in [-0.3, -0.25) is 4.79 Å². The number of nitrogens with zero attached hydrogens (tertiary/aromatic N) is 1. The van der Waals surface area contributed by atoms with E-state index in [1.165, 1.54) is 11.3 Å². The molecule has 0 spiro atoms. The number of primary amides is 1. The maximum atomic E-state index is 12.3. The maximum Gasteiger partial charge on any atom is 0.251 e. The van der Waals surface area contributed by atoms with Gasteiger partial charge in [0.2, 0.25) is 0 Å². The van der Waals surface area contributed by atoms with E-state index >= 15 is 0 Å². The molecule has 0 bridgehead atoms. The number of hydrogen-bond donors (Lipinski definition) is 1. The van der Waals surface area contributed by atoms with E-state index < -0.39 is 0 Å². The zero-order chi connectivity index (χ0) is 19.6. The van der Waals surface area contributed by atoms with E-state index in [1.54, 1.807) is 0 Å². The van der Waals surface area contributed by atoms with Crippen molar-refractivity contribution in [3.8, 4) is 11.1 Å². The summed E-state index contributed by atoms with van der Waals surface area (Å²) in [5.41, 5.74) is 12.2. The molecule has 0 unspecified atom stereocenters. The molecule has 0 aliphatic carbocycles. The van der Waals surface area contributed by atoms with Gasteiger partial charge in [0.15, 0.2) is 0 Å². The summed E-state index contributed by atoms with van der Waals surface area (Å²) >= 11 is 0. The molecule has 0 atom stereocenters. The quantitative estimate of drug-likeness (QED) is 0.735. The molecule has 2 rings (SSSR count). The van der Waals surface area contributed by atoms with Crippen LogP contribution in [-0.4, -0.2) is 10.5 Å². The van der Waals surface area contributed by atoms with Crippen LogP contribution in [0.3, 0.4) is 0 Å². The third-order valence-corrected chi connectivity index (χ3v) is 5.18. The van der Waals surface area contributed by atoms with Gasteiger partial charge in [0.25, 0.3) is 5.91 Å². The number of nitrogens with two attached hydrogens (primary N) is 1. The Labute approximate surface area is 158 Å². The van der Waals surface area contributed by atoms with Crippen LogP contribution in [0.5, 0.6) is 0 Å². The zero-order valence-corrected chi connectivity index (χ0v) is 17.4. The van der Waals surface area contributed by atoms with E-state index in [2.05, 4.69) is 70.4 Å². The van der Waals surface area contributed by atoms with Crippen molar-refractivity contribution in [1.82, 2.24) is 4.57 Å². The minimum Gasteiger partial charge on any atom is -0.366 e. The largest absolute Gasteiger partial charge is 0.366 e. The normalized spacial score (nSPS) is 12.0. The lowest BCUT2D eigenvalue weighted by Gasteiger charge is -2.19. The van der Waals surface area contributed by atoms with Crippen molar-refractivity contribution in [2.24, 2.45) is 11.7 Å². The van der Waals surface area contributed by atoms with Crippen LogP contribution >= 0.6 is 0 Å². The van der Waals surface area contributed by atoms with E-state index in [0.29, 0.717) is 11.5 Å². The molecule has 0 saturated carbocycles. The maximum absolute atomic E-state index is 12.3. The van der Waals surface area contributed by atoms with E-state index in [4.69, 9.17) is 5.73 Å². The van der Waals surface area contributed by atoms with Crippen LogP contribution in [0.25, 0.3) is 11.1 Å². The number of amides is 1. The van der Waals surface area contributed by atoms with Crippen molar-refractivity contribution in [3.05, 3.63) is 46.8 Å². The highest BCUT2D eigenvalue weighted by molar-refractivity contribution is 6.02. The first-order chi connectivity index (χ1) is 12.1. The summed E-state index contributed by atoms with van der Waals surface area (Å²) in [6, 6.07) is 8.60. The first-order valence-electron chi connectivity index (χ1n) is 9.70. The summed E-state index contributed by atoms with van der Waals surface area (Å²) in [7, 11) is 0. The van der Waals surface area contributed by atoms with Gasteiger partial charge in [-0.15, -0.1) is 0 Å². The number of carbonyl (C=O) groups excluding carboxylic acids is 1. The van der Waals surface area contributed by atoms with Crippen molar-refractivity contribution in [2.45, 2.75) is 73.3 Å². The highest BCUT2D eigenvalue weighted by Crippen LogP contribution is 2.35. The second-order valence-electron chi connectivity index (χ2n) is 8.66. The fourth-order valence-electron chi connectivity index (χ4n) is 3.60. The van der Waals surface area contributed by atoms with Gasteiger partial charge >= 0.3 is 0 Å². The lowest BCUT2D eigenvalue weighted by atomic mass is 9.86. The van der Waals surface area contributed by atoms with Crippen LogP contribution in [0.15, 0.2) is 24.3 Å².